The third-order valence-corrected chi connectivity index (χ3v) is 6.37. The first-order chi connectivity index (χ1) is 18.2. The molecule has 2 N–H and O–H groups in total. The highest BCUT2D eigenvalue weighted by Gasteiger charge is 2.25. The number of hydrogen-bond donors (Lipinski definition) is 2. The number of carbonyl (C=O) groups is 2. The molecular weight excluding hydrogens is 476 g/mol. The van der Waals surface area contributed by atoms with Crippen molar-refractivity contribution in [2.24, 2.45) is 0 Å². The van der Waals surface area contributed by atoms with Crippen LogP contribution in [0.3, 0.4) is 0 Å². The Bertz CT molecular complexity index is 1340. The predicted molar refractivity (Wildman–Crippen MR) is 148 cm³/mol. The molecular formula is C32H34N2O4. The number of nitrogens with one attached hydrogen (secondary N) is 1. The Labute approximate surface area is 224 Å². The maximum atomic E-state index is 13.2. The molecule has 0 saturated carbocycles. The molecule has 2 amide bonds. The van der Waals surface area contributed by atoms with Gasteiger partial charge in [0.15, 0.2) is 0 Å². The molecule has 196 valence electrons. The fourth-order valence-corrected chi connectivity index (χ4v) is 4.46. The van der Waals surface area contributed by atoms with Crippen molar-refractivity contribution in [3.8, 4) is 17.6 Å². The van der Waals surface area contributed by atoms with E-state index in [1.807, 2.05) is 62.1 Å². The number of hydrogen-bond acceptors (Lipinski definition) is 4. The van der Waals surface area contributed by atoms with Crippen LogP contribution in [-0.4, -0.2) is 40.7 Å². The van der Waals surface area contributed by atoms with Gasteiger partial charge in [-0.3, -0.25) is 4.79 Å². The molecule has 3 aromatic carbocycles. The van der Waals surface area contributed by atoms with Crippen molar-refractivity contribution in [3.05, 3.63) is 101 Å². The van der Waals surface area contributed by atoms with Gasteiger partial charge in [-0.2, -0.15) is 0 Å². The Hall–Kier alpha value is -4.24. The molecule has 0 radical (unpaired) electrons. The van der Waals surface area contributed by atoms with E-state index in [9.17, 15) is 14.7 Å². The first kappa shape index (κ1) is 26.8. The molecule has 0 aromatic heterocycles. The highest BCUT2D eigenvalue weighted by Crippen LogP contribution is 2.29. The molecule has 6 nitrogen and oxygen atoms in total. The van der Waals surface area contributed by atoms with Gasteiger partial charge in [-0.25, -0.2) is 4.79 Å². The van der Waals surface area contributed by atoms with Crippen molar-refractivity contribution in [3.63, 3.8) is 0 Å². The van der Waals surface area contributed by atoms with Crippen LogP contribution in [0.15, 0.2) is 72.8 Å². The van der Waals surface area contributed by atoms with Gasteiger partial charge in [-0.15, -0.1) is 0 Å². The van der Waals surface area contributed by atoms with Crippen molar-refractivity contribution < 1.29 is 19.4 Å². The summed E-state index contributed by atoms with van der Waals surface area (Å²) < 4.78 is 5.32. The van der Waals surface area contributed by atoms with Crippen LogP contribution in [0.5, 0.6) is 5.75 Å². The van der Waals surface area contributed by atoms with Crippen molar-refractivity contribution in [2.75, 3.05) is 13.1 Å². The number of nitrogens with zero attached hydrogens (tertiary/aromatic N) is 1. The molecule has 0 atom stereocenters. The molecule has 4 rings (SSSR count). The summed E-state index contributed by atoms with van der Waals surface area (Å²) in [5.74, 6) is 6.76. The van der Waals surface area contributed by atoms with Gasteiger partial charge in [0, 0.05) is 36.3 Å². The second kappa shape index (κ2) is 11.9. The van der Waals surface area contributed by atoms with E-state index in [2.05, 4.69) is 29.3 Å². The van der Waals surface area contributed by atoms with E-state index in [1.54, 1.807) is 24.3 Å². The lowest BCUT2D eigenvalue weighted by Gasteiger charge is -2.32. The number of aromatic hydroxyl groups is 1. The first-order valence-corrected chi connectivity index (χ1v) is 12.9. The zero-order valence-electron chi connectivity index (χ0n) is 22.2. The van der Waals surface area contributed by atoms with Gasteiger partial charge in [0.25, 0.3) is 5.91 Å². The van der Waals surface area contributed by atoms with Crippen LogP contribution >= 0.6 is 0 Å². The number of rotatable bonds is 4. The van der Waals surface area contributed by atoms with Crippen LogP contribution in [0.2, 0.25) is 0 Å². The number of ether oxygens (including phenoxy) is 1. The minimum Gasteiger partial charge on any atom is -0.508 e. The molecule has 1 aliphatic rings. The second-order valence-electron chi connectivity index (χ2n) is 10.5. The van der Waals surface area contributed by atoms with Gasteiger partial charge >= 0.3 is 6.09 Å². The van der Waals surface area contributed by atoms with E-state index in [1.165, 1.54) is 5.56 Å². The molecule has 6 heteroatoms. The second-order valence-corrected chi connectivity index (χ2v) is 10.5. The van der Waals surface area contributed by atoms with Gasteiger partial charge in [-0.05, 0) is 93.1 Å². The Kier molecular flexibility index (Phi) is 8.38. The van der Waals surface area contributed by atoms with Crippen molar-refractivity contribution in [1.29, 1.82) is 0 Å². The summed E-state index contributed by atoms with van der Waals surface area (Å²) in [6.45, 7) is 7.31. The Morgan fingerprint density at radius 2 is 1.63 bits per heavy atom. The quantitative estimate of drug-likeness (QED) is 0.433. The number of carbonyl (C=O) groups excluding carboxylic acids is 2. The van der Waals surface area contributed by atoms with E-state index in [-0.39, 0.29) is 11.7 Å². The summed E-state index contributed by atoms with van der Waals surface area (Å²) in [6, 6.07) is 22.4. The van der Waals surface area contributed by atoms with Gasteiger partial charge in [-0.1, -0.05) is 42.2 Å². The van der Waals surface area contributed by atoms with Gasteiger partial charge in [0.2, 0.25) is 0 Å². The zero-order valence-corrected chi connectivity index (χ0v) is 22.2. The lowest BCUT2D eigenvalue weighted by atomic mass is 9.88. The average Bonchev–Trinajstić information content (AvgIpc) is 2.91. The first-order valence-electron chi connectivity index (χ1n) is 12.9. The van der Waals surface area contributed by atoms with Gasteiger partial charge in [0.05, 0.1) is 0 Å². The Balaban J connectivity index is 1.33. The normalized spacial score (nSPS) is 13.8. The monoisotopic (exact) mass is 510 g/mol. The van der Waals surface area contributed by atoms with Crippen LogP contribution in [0.25, 0.3) is 0 Å². The molecule has 0 unspecified atom stereocenters. The summed E-state index contributed by atoms with van der Waals surface area (Å²) in [5, 5.41) is 12.2. The summed E-state index contributed by atoms with van der Waals surface area (Å²) in [7, 11) is 0. The lowest BCUT2D eigenvalue weighted by Crippen LogP contribution is -2.38. The average molecular weight is 511 g/mol. The van der Waals surface area contributed by atoms with E-state index < -0.39 is 11.7 Å². The van der Waals surface area contributed by atoms with Crippen LogP contribution in [0.4, 0.5) is 4.79 Å². The van der Waals surface area contributed by atoms with E-state index in [4.69, 9.17) is 4.74 Å². The summed E-state index contributed by atoms with van der Waals surface area (Å²) in [5.41, 5.74) is 3.93. The van der Waals surface area contributed by atoms with E-state index in [0.717, 1.165) is 29.5 Å². The molecule has 38 heavy (non-hydrogen) atoms. The number of likely N-dealkylation sites (tertiary alicyclic amines) is 1. The van der Waals surface area contributed by atoms with Crippen molar-refractivity contribution in [2.45, 2.75) is 51.7 Å². The summed E-state index contributed by atoms with van der Waals surface area (Å²) in [6.07, 6.45) is 1.34. The minimum atomic E-state index is -0.528. The van der Waals surface area contributed by atoms with Crippen molar-refractivity contribution in [1.82, 2.24) is 10.2 Å². The highest BCUT2D eigenvalue weighted by atomic mass is 16.6. The number of benzene rings is 3. The number of alkyl carbamates (subject to hydrolysis) is 1. The third kappa shape index (κ3) is 7.63. The van der Waals surface area contributed by atoms with Crippen LogP contribution < -0.4 is 5.32 Å². The maximum Gasteiger partial charge on any atom is 0.407 e. The van der Waals surface area contributed by atoms with Gasteiger partial charge < -0.3 is 20.1 Å². The zero-order chi connectivity index (χ0) is 27.1. The van der Waals surface area contributed by atoms with Crippen LogP contribution in [0, 0.1) is 11.8 Å². The Morgan fingerprint density at radius 3 is 2.34 bits per heavy atom. The number of amides is 2. The molecule has 3 aromatic rings. The standard InChI is InChI=1S/C32H34N2O4/c1-32(2,3)38-31(37)33-22-25-7-5-8-27(21-25)26-16-18-34(19-17-26)30(36)28-9-4-6-24(20-28)11-10-23-12-14-29(35)15-13-23/h4-9,12-15,20-21,26,35H,16-19,22H2,1-3H3,(H,33,37). The Morgan fingerprint density at radius 1 is 0.947 bits per heavy atom. The molecule has 0 spiro atoms. The molecule has 1 fully saturated rings. The fraction of sp³-hybridized carbons (Fsp3) is 0.312. The van der Waals surface area contributed by atoms with E-state index in [0.29, 0.717) is 31.1 Å². The summed E-state index contributed by atoms with van der Waals surface area (Å²) in [4.78, 5) is 27.1. The lowest BCUT2D eigenvalue weighted by molar-refractivity contribution is 0.0523. The number of piperidine rings is 1. The molecule has 0 aliphatic carbocycles. The molecule has 0 bridgehead atoms. The fourth-order valence-electron chi connectivity index (χ4n) is 4.46. The maximum absolute atomic E-state index is 13.2. The van der Waals surface area contributed by atoms with Gasteiger partial charge in [0.1, 0.15) is 11.4 Å². The summed E-state index contributed by atoms with van der Waals surface area (Å²) >= 11 is 0. The topological polar surface area (TPSA) is 78.9 Å². The largest absolute Gasteiger partial charge is 0.508 e. The number of phenols is 1. The smallest absolute Gasteiger partial charge is 0.407 e. The number of phenolic OH excluding ortho intramolecular Hbond substituents is 1. The molecule has 1 aliphatic heterocycles. The molecule has 1 heterocycles. The predicted octanol–water partition coefficient (Wildman–Crippen LogP) is 5.84. The van der Waals surface area contributed by atoms with Crippen LogP contribution in [0.1, 0.15) is 72.1 Å². The third-order valence-electron chi connectivity index (χ3n) is 6.37. The molecule has 1 saturated heterocycles. The van der Waals surface area contributed by atoms with Crippen LogP contribution in [-0.2, 0) is 11.3 Å². The minimum absolute atomic E-state index is 0.0204. The van der Waals surface area contributed by atoms with E-state index >= 15 is 0 Å². The SMILES string of the molecule is CC(C)(C)OC(=O)NCc1cccc(C2CCN(C(=O)c3cccc(C#Cc4ccc(O)cc4)c3)CC2)c1. The van der Waals surface area contributed by atoms with Crippen molar-refractivity contribution >= 4 is 12.0 Å². The highest BCUT2D eigenvalue weighted by molar-refractivity contribution is 5.94.